The third kappa shape index (κ3) is 5.40. The number of carbonyl (C=O) groups excluding carboxylic acids is 1. The van der Waals surface area contributed by atoms with E-state index in [9.17, 15) is 9.59 Å². The van der Waals surface area contributed by atoms with Crippen molar-refractivity contribution < 1.29 is 14.7 Å². The molecule has 1 aromatic carbocycles. The normalized spacial score (nSPS) is 13.9. The maximum atomic E-state index is 11.8. The van der Waals surface area contributed by atoms with Crippen molar-refractivity contribution in [1.29, 1.82) is 0 Å². The van der Waals surface area contributed by atoms with Crippen molar-refractivity contribution in [3.8, 4) is 0 Å². The minimum atomic E-state index is -1.04. The first-order chi connectivity index (χ1) is 9.85. The summed E-state index contributed by atoms with van der Waals surface area (Å²) >= 11 is 11.7. The summed E-state index contributed by atoms with van der Waals surface area (Å²) in [4.78, 5) is 22.9. The highest BCUT2D eigenvalue weighted by molar-refractivity contribution is 6.42. The van der Waals surface area contributed by atoms with E-state index in [1.807, 2.05) is 6.92 Å². The molecule has 1 aromatic rings. The third-order valence-corrected chi connectivity index (χ3v) is 3.89. The molecule has 21 heavy (non-hydrogen) atoms. The Morgan fingerprint density at radius 1 is 1.33 bits per heavy atom. The maximum Gasteiger partial charge on any atom is 0.326 e. The van der Waals surface area contributed by atoms with Crippen LogP contribution in [0.25, 0.3) is 6.08 Å². The van der Waals surface area contributed by atoms with Gasteiger partial charge in [-0.25, -0.2) is 4.79 Å². The lowest BCUT2D eigenvalue weighted by Crippen LogP contribution is -2.44. The molecule has 0 saturated heterocycles. The lowest BCUT2D eigenvalue weighted by molar-refractivity contribution is -0.142. The van der Waals surface area contributed by atoms with E-state index in [0.29, 0.717) is 22.0 Å². The van der Waals surface area contributed by atoms with E-state index in [4.69, 9.17) is 28.3 Å². The van der Waals surface area contributed by atoms with Crippen LogP contribution in [-0.4, -0.2) is 23.0 Å². The molecule has 6 heteroatoms. The first-order valence-electron chi connectivity index (χ1n) is 6.51. The third-order valence-electron chi connectivity index (χ3n) is 3.15. The van der Waals surface area contributed by atoms with Crippen LogP contribution in [0.15, 0.2) is 24.3 Å². The quantitative estimate of drug-likeness (QED) is 0.783. The highest BCUT2D eigenvalue weighted by Crippen LogP contribution is 2.23. The molecule has 1 rings (SSSR count). The molecule has 0 spiro atoms. The molecule has 0 unspecified atom stereocenters. The van der Waals surface area contributed by atoms with E-state index in [1.165, 1.54) is 6.08 Å². The Balaban J connectivity index is 2.73. The summed E-state index contributed by atoms with van der Waals surface area (Å²) < 4.78 is 0. The van der Waals surface area contributed by atoms with Crippen molar-refractivity contribution in [3.05, 3.63) is 39.9 Å². The number of nitrogens with one attached hydrogen (secondary N) is 1. The number of carboxylic acids is 1. The van der Waals surface area contributed by atoms with Crippen LogP contribution in [0.4, 0.5) is 0 Å². The molecule has 2 N–H and O–H groups in total. The predicted octanol–water partition coefficient (Wildman–Crippen LogP) is 3.62. The first kappa shape index (κ1) is 17.5. The summed E-state index contributed by atoms with van der Waals surface area (Å²) in [5.41, 5.74) is 0.704. The van der Waals surface area contributed by atoms with Crippen LogP contribution in [0.2, 0.25) is 10.0 Å². The second-order valence-electron chi connectivity index (χ2n) is 4.72. The van der Waals surface area contributed by atoms with Gasteiger partial charge in [-0.2, -0.15) is 0 Å². The monoisotopic (exact) mass is 329 g/mol. The average Bonchev–Trinajstić information content (AvgIpc) is 2.44. The van der Waals surface area contributed by atoms with Crippen LogP contribution in [0.3, 0.4) is 0 Å². The number of hydrogen-bond acceptors (Lipinski definition) is 2. The first-order valence-corrected chi connectivity index (χ1v) is 7.27. The van der Waals surface area contributed by atoms with Crippen molar-refractivity contribution in [2.24, 2.45) is 5.92 Å². The molecular formula is C15H17Cl2NO3. The van der Waals surface area contributed by atoms with Gasteiger partial charge in [0.05, 0.1) is 10.0 Å². The van der Waals surface area contributed by atoms with Crippen LogP contribution in [0.1, 0.15) is 25.8 Å². The summed E-state index contributed by atoms with van der Waals surface area (Å²) in [6, 6.07) is 4.06. The fourth-order valence-electron chi connectivity index (χ4n) is 1.67. The van der Waals surface area contributed by atoms with Crippen LogP contribution < -0.4 is 5.32 Å². The zero-order valence-corrected chi connectivity index (χ0v) is 13.3. The number of carboxylic acid groups (broad SMARTS) is 1. The minimum Gasteiger partial charge on any atom is -0.480 e. The zero-order chi connectivity index (χ0) is 16.0. The molecule has 0 aliphatic heterocycles. The van der Waals surface area contributed by atoms with Gasteiger partial charge in [0, 0.05) is 6.08 Å². The standard InChI is InChI=1S/C15H17Cl2NO3/c1-3-9(2)14(15(20)21)18-13(19)7-5-10-4-6-11(16)12(17)8-10/h4-9,14H,3H2,1-2H3,(H,18,19)(H,20,21)/b7-5+/t9-,14-/m0/s1. The van der Waals surface area contributed by atoms with E-state index in [-0.39, 0.29) is 5.92 Å². The topological polar surface area (TPSA) is 66.4 Å². The largest absolute Gasteiger partial charge is 0.480 e. The molecular weight excluding hydrogens is 313 g/mol. The molecule has 114 valence electrons. The summed E-state index contributed by atoms with van der Waals surface area (Å²) in [6.07, 6.45) is 3.48. The SMILES string of the molecule is CC[C@H](C)[C@H](NC(=O)/C=C/c1ccc(Cl)c(Cl)c1)C(=O)O. The summed E-state index contributed by atoms with van der Waals surface area (Å²) in [5.74, 6) is -1.65. The Labute approximate surface area is 133 Å². The molecule has 0 bridgehead atoms. The Hall–Kier alpha value is -1.52. The number of halogens is 2. The van der Waals surface area contributed by atoms with Gasteiger partial charge in [-0.1, -0.05) is 49.5 Å². The Bertz CT molecular complexity index is 558. The van der Waals surface area contributed by atoms with E-state index < -0.39 is 17.9 Å². The molecule has 4 nitrogen and oxygen atoms in total. The van der Waals surface area contributed by atoms with Crippen molar-refractivity contribution in [3.63, 3.8) is 0 Å². The molecule has 0 fully saturated rings. The fourth-order valence-corrected chi connectivity index (χ4v) is 1.98. The lowest BCUT2D eigenvalue weighted by atomic mass is 9.99. The van der Waals surface area contributed by atoms with Gasteiger partial charge in [0.15, 0.2) is 0 Å². The van der Waals surface area contributed by atoms with Crippen molar-refractivity contribution in [2.75, 3.05) is 0 Å². The minimum absolute atomic E-state index is 0.148. The second-order valence-corrected chi connectivity index (χ2v) is 5.53. The number of hydrogen-bond donors (Lipinski definition) is 2. The van der Waals surface area contributed by atoms with Gasteiger partial charge in [0.1, 0.15) is 6.04 Å². The summed E-state index contributed by atoms with van der Waals surface area (Å²) in [6.45, 7) is 3.65. The van der Waals surface area contributed by atoms with Gasteiger partial charge in [-0.15, -0.1) is 0 Å². The van der Waals surface area contributed by atoms with Crippen molar-refractivity contribution in [1.82, 2.24) is 5.32 Å². The van der Waals surface area contributed by atoms with Crippen molar-refractivity contribution in [2.45, 2.75) is 26.3 Å². The van der Waals surface area contributed by atoms with Gasteiger partial charge in [0.25, 0.3) is 0 Å². The molecule has 0 saturated carbocycles. The van der Waals surface area contributed by atoms with Crippen molar-refractivity contribution >= 4 is 41.2 Å². The number of carbonyl (C=O) groups is 2. The van der Waals surface area contributed by atoms with E-state index in [1.54, 1.807) is 31.2 Å². The number of rotatable bonds is 6. The molecule has 0 radical (unpaired) electrons. The Morgan fingerprint density at radius 3 is 2.52 bits per heavy atom. The Morgan fingerprint density at radius 2 is 2.00 bits per heavy atom. The molecule has 2 atom stereocenters. The van der Waals surface area contributed by atoms with E-state index in [0.717, 1.165) is 0 Å². The van der Waals surface area contributed by atoms with E-state index >= 15 is 0 Å². The zero-order valence-electron chi connectivity index (χ0n) is 11.8. The van der Waals surface area contributed by atoms with Crippen LogP contribution >= 0.6 is 23.2 Å². The smallest absolute Gasteiger partial charge is 0.326 e. The summed E-state index contributed by atoms with van der Waals surface area (Å²) in [5, 5.41) is 12.4. The lowest BCUT2D eigenvalue weighted by Gasteiger charge is -2.19. The number of aliphatic carboxylic acids is 1. The molecule has 0 aromatic heterocycles. The molecule has 0 heterocycles. The molecule has 0 aliphatic rings. The van der Waals surface area contributed by atoms with Gasteiger partial charge >= 0.3 is 5.97 Å². The summed E-state index contributed by atoms with van der Waals surface area (Å²) in [7, 11) is 0. The van der Waals surface area contributed by atoms with Crippen LogP contribution in [-0.2, 0) is 9.59 Å². The Kier molecular flexibility index (Phi) is 6.72. The fraction of sp³-hybridized carbons (Fsp3) is 0.333. The maximum absolute atomic E-state index is 11.8. The van der Waals surface area contributed by atoms with Gasteiger partial charge in [-0.3, -0.25) is 4.79 Å². The second kappa shape index (κ2) is 8.05. The number of benzene rings is 1. The highest BCUT2D eigenvalue weighted by Gasteiger charge is 2.24. The van der Waals surface area contributed by atoms with Crippen LogP contribution in [0.5, 0.6) is 0 Å². The van der Waals surface area contributed by atoms with Crippen LogP contribution in [0, 0.1) is 5.92 Å². The molecule has 0 aliphatic carbocycles. The van der Waals surface area contributed by atoms with E-state index in [2.05, 4.69) is 5.32 Å². The number of amides is 1. The predicted molar refractivity (Wildman–Crippen MR) is 84.5 cm³/mol. The highest BCUT2D eigenvalue weighted by atomic mass is 35.5. The van der Waals surface area contributed by atoms with Gasteiger partial charge in [-0.05, 0) is 29.7 Å². The molecule has 1 amide bonds. The van der Waals surface area contributed by atoms with Gasteiger partial charge in [0.2, 0.25) is 5.91 Å². The average molecular weight is 330 g/mol. The van der Waals surface area contributed by atoms with Gasteiger partial charge < -0.3 is 10.4 Å².